The Labute approximate surface area is 212 Å². The van der Waals surface area contributed by atoms with Crippen LogP contribution < -0.4 is 19.5 Å². The Hall–Kier alpha value is -1.72. The van der Waals surface area contributed by atoms with E-state index < -0.39 is 0 Å². The predicted octanol–water partition coefficient (Wildman–Crippen LogP) is 3.85. The second-order valence-corrected chi connectivity index (χ2v) is 8.67. The minimum Gasteiger partial charge on any atom is -0.493 e. The van der Waals surface area contributed by atoms with Crippen molar-refractivity contribution in [1.29, 1.82) is 0 Å². The molecule has 0 saturated carbocycles. The highest BCUT2D eigenvalue weighted by molar-refractivity contribution is 14.0. The number of thiophene rings is 1. The van der Waals surface area contributed by atoms with Crippen LogP contribution >= 0.6 is 35.3 Å². The van der Waals surface area contributed by atoms with Gasteiger partial charge in [-0.05, 0) is 36.2 Å². The standard InChI is InChI=1S/C23H34N4O3S.HI/c1-6-18-7-8-19(31-18)15-25-23(24-2)27-11-9-26(10-12-27)16-17-13-20(28-3)22(30-5)21(14-17)29-4;/h7-8,13-14H,6,9-12,15-16H2,1-5H3,(H,24,25);1H. The van der Waals surface area contributed by atoms with Crippen LogP contribution in [0.25, 0.3) is 0 Å². The minimum atomic E-state index is 0. The topological polar surface area (TPSA) is 58.6 Å². The summed E-state index contributed by atoms with van der Waals surface area (Å²) in [7, 11) is 6.78. The molecule has 0 unspecified atom stereocenters. The van der Waals surface area contributed by atoms with Crippen LogP contribution in [-0.4, -0.2) is 70.3 Å². The van der Waals surface area contributed by atoms with Crippen molar-refractivity contribution in [1.82, 2.24) is 15.1 Å². The highest BCUT2D eigenvalue weighted by Gasteiger charge is 2.21. The molecule has 178 valence electrons. The van der Waals surface area contributed by atoms with Gasteiger partial charge in [0.15, 0.2) is 17.5 Å². The van der Waals surface area contributed by atoms with Crippen molar-refractivity contribution in [2.75, 3.05) is 54.6 Å². The van der Waals surface area contributed by atoms with E-state index in [1.54, 1.807) is 21.3 Å². The normalized spacial score (nSPS) is 14.7. The van der Waals surface area contributed by atoms with E-state index in [1.807, 2.05) is 30.5 Å². The van der Waals surface area contributed by atoms with Crippen molar-refractivity contribution >= 4 is 41.3 Å². The second kappa shape index (κ2) is 13.1. The van der Waals surface area contributed by atoms with E-state index in [0.717, 1.165) is 57.2 Å². The molecular weight excluding hydrogens is 539 g/mol. The van der Waals surface area contributed by atoms with Gasteiger partial charge in [0.05, 0.1) is 27.9 Å². The number of methoxy groups -OCH3 is 3. The lowest BCUT2D eigenvalue weighted by Gasteiger charge is -2.36. The number of nitrogens with zero attached hydrogens (tertiary/aromatic N) is 3. The lowest BCUT2D eigenvalue weighted by molar-refractivity contribution is 0.172. The number of halogens is 1. The average molecular weight is 575 g/mol. The number of benzene rings is 1. The maximum atomic E-state index is 5.49. The van der Waals surface area contributed by atoms with E-state index in [0.29, 0.717) is 17.2 Å². The molecule has 0 spiro atoms. The van der Waals surface area contributed by atoms with E-state index in [9.17, 15) is 0 Å². The molecule has 1 aromatic carbocycles. The molecule has 1 aromatic heterocycles. The number of ether oxygens (including phenoxy) is 3. The Kier molecular flexibility index (Phi) is 10.9. The molecule has 3 rings (SSSR count). The smallest absolute Gasteiger partial charge is 0.203 e. The third kappa shape index (κ3) is 6.64. The molecule has 1 N–H and O–H groups in total. The zero-order chi connectivity index (χ0) is 22.2. The van der Waals surface area contributed by atoms with Gasteiger partial charge in [-0.25, -0.2) is 0 Å². The molecule has 0 amide bonds. The number of aryl methyl sites for hydroxylation is 1. The van der Waals surface area contributed by atoms with Crippen LogP contribution in [0.4, 0.5) is 0 Å². The summed E-state index contributed by atoms with van der Waals surface area (Å²) < 4.78 is 16.4. The lowest BCUT2D eigenvalue weighted by atomic mass is 10.1. The summed E-state index contributed by atoms with van der Waals surface area (Å²) in [6, 6.07) is 8.48. The van der Waals surface area contributed by atoms with Crippen LogP contribution in [0.1, 0.15) is 22.2 Å². The number of hydrogen-bond acceptors (Lipinski definition) is 6. The van der Waals surface area contributed by atoms with Gasteiger partial charge in [-0.3, -0.25) is 9.89 Å². The average Bonchev–Trinajstić information content (AvgIpc) is 3.27. The summed E-state index contributed by atoms with van der Waals surface area (Å²) in [5.74, 6) is 2.99. The van der Waals surface area contributed by atoms with E-state index in [-0.39, 0.29) is 24.0 Å². The Morgan fingerprint density at radius 2 is 1.62 bits per heavy atom. The number of rotatable bonds is 8. The number of piperazine rings is 1. The highest BCUT2D eigenvalue weighted by atomic mass is 127. The van der Waals surface area contributed by atoms with Gasteiger partial charge in [0.1, 0.15) is 0 Å². The quantitative estimate of drug-likeness (QED) is 0.294. The molecule has 0 bridgehead atoms. The first kappa shape index (κ1) is 26.5. The van der Waals surface area contributed by atoms with E-state index in [2.05, 4.69) is 39.2 Å². The van der Waals surface area contributed by atoms with E-state index in [1.165, 1.54) is 9.75 Å². The number of aliphatic imine (C=N–C) groups is 1. The third-order valence-corrected chi connectivity index (χ3v) is 6.73. The van der Waals surface area contributed by atoms with Gasteiger partial charge in [-0.15, -0.1) is 35.3 Å². The van der Waals surface area contributed by atoms with Crippen molar-refractivity contribution in [3.05, 3.63) is 39.6 Å². The highest BCUT2D eigenvalue weighted by Crippen LogP contribution is 2.38. The number of nitrogens with one attached hydrogen (secondary N) is 1. The second-order valence-electron chi connectivity index (χ2n) is 7.42. The molecule has 9 heteroatoms. The minimum absolute atomic E-state index is 0. The van der Waals surface area contributed by atoms with Gasteiger partial charge in [-0.2, -0.15) is 0 Å². The summed E-state index contributed by atoms with van der Waals surface area (Å²) in [6.07, 6.45) is 1.09. The molecule has 1 fully saturated rings. The molecule has 7 nitrogen and oxygen atoms in total. The molecular formula is C23H35IN4O3S. The first-order chi connectivity index (χ1) is 15.1. The molecule has 32 heavy (non-hydrogen) atoms. The van der Waals surface area contributed by atoms with Gasteiger partial charge in [0, 0.05) is 49.5 Å². The third-order valence-electron chi connectivity index (χ3n) is 5.50. The summed E-state index contributed by atoms with van der Waals surface area (Å²) in [4.78, 5) is 12.0. The first-order valence-corrected chi connectivity index (χ1v) is 11.5. The Balaban J connectivity index is 0.00000363. The molecule has 2 heterocycles. The Morgan fingerprint density at radius 3 is 2.12 bits per heavy atom. The van der Waals surface area contributed by atoms with Gasteiger partial charge < -0.3 is 24.4 Å². The number of hydrogen-bond donors (Lipinski definition) is 1. The van der Waals surface area contributed by atoms with Crippen LogP contribution in [0.3, 0.4) is 0 Å². The summed E-state index contributed by atoms with van der Waals surface area (Å²) in [5, 5.41) is 3.52. The van der Waals surface area contributed by atoms with Gasteiger partial charge in [-0.1, -0.05) is 6.92 Å². The molecule has 1 aliphatic heterocycles. The summed E-state index contributed by atoms with van der Waals surface area (Å²) >= 11 is 1.87. The maximum Gasteiger partial charge on any atom is 0.203 e. The monoisotopic (exact) mass is 574 g/mol. The maximum absolute atomic E-state index is 5.49. The van der Waals surface area contributed by atoms with Crippen molar-refractivity contribution in [3.8, 4) is 17.2 Å². The van der Waals surface area contributed by atoms with Crippen molar-refractivity contribution in [2.24, 2.45) is 4.99 Å². The Bertz CT molecular complexity index is 857. The van der Waals surface area contributed by atoms with Crippen LogP contribution in [0.15, 0.2) is 29.3 Å². The zero-order valence-electron chi connectivity index (χ0n) is 19.6. The van der Waals surface area contributed by atoms with Crippen molar-refractivity contribution in [2.45, 2.75) is 26.4 Å². The molecule has 0 atom stereocenters. The predicted molar refractivity (Wildman–Crippen MR) is 142 cm³/mol. The van der Waals surface area contributed by atoms with Crippen molar-refractivity contribution < 1.29 is 14.2 Å². The van der Waals surface area contributed by atoms with Gasteiger partial charge >= 0.3 is 0 Å². The van der Waals surface area contributed by atoms with Crippen LogP contribution in [-0.2, 0) is 19.5 Å². The van der Waals surface area contributed by atoms with Gasteiger partial charge in [0.25, 0.3) is 0 Å². The molecule has 0 radical (unpaired) electrons. The largest absolute Gasteiger partial charge is 0.493 e. The van der Waals surface area contributed by atoms with Crippen LogP contribution in [0.5, 0.6) is 17.2 Å². The summed E-state index contributed by atoms with van der Waals surface area (Å²) in [6.45, 7) is 7.67. The fourth-order valence-electron chi connectivity index (χ4n) is 3.81. The van der Waals surface area contributed by atoms with Crippen LogP contribution in [0, 0.1) is 0 Å². The van der Waals surface area contributed by atoms with E-state index >= 15 is 0 Å². The van der Waals surface area contributed by atoms with Crippen molar-refractivity contribution in [3.63, 3.8) is 0 Å². The zero-order valence-corrected chi connectivity index (χ0v) is 22.8. The molecule has 1 aliphatic rings. The fourth-order valence-corrected chi connectivity index (χ4v) is 4.71. The Morgan fingerprint density at radius 1 is 1.00 bits per heavy atom. The molecule has 1 saturated heterocycles. The van der Waals surface area contributed by atoms with E-state index in [4.69, 9.17) is 14.2 Å². The van der Waals surface area contributed by atoms with Crippen LogP contribution in [0.2, 0.25) is 0 Å². The van der Waals surface area contributed by atoms with Gasteiger partial charge in [0.2, 0.25) is 5.75 Å². The summed E-state index contributed by atoms with van der Waals surface area (Å²) in [5.41, 5.74) is 1.15. The SMILES string of the molecule is CCc1ccc(CNC(=NC)N2CCN(Cc3cc(OC)c(OC)c(OC)c3)CC2)s1.I. The fraction of sp³-hybridized carbons (Fsp3) is 0.522. The first-order valence-electron chi connectivity index (χ1n) is 10.7. The number of guanidine groups is 1. The molecule has 2 aromatic rings. The lowest BCUT2D eigenvalue weighted by Crippen LogP contribution is -2.52. The molecule has 0 aliphatic carbocycles.